The van der Waals surface area contributed by atoms with Crippen molar-refractivity contribution < 1.29 is 0 Å². The van der Waals surface area contributed by atoms with Crippen molar-refractivity contribution in [2.75, 3.05) is 5.32 Å². The Morgan fingerprint density at radius 3 is 2.68 bits per heavy atom. The highest BCUT2D eigenvalue weighted by Crippen LogP contribution is 2.27. The van der Waals surface area contributed by atoms with Crippen LogP contribution in [0.1, 0.15) is 38.4 Å². The van der Waals surface area contributed by atoms with Gasteiger partial charge in [0.2, 0.25) is 5.95 Å². The predicted octanol–water partition coefficient (Wildman–Crippen LogP) is 3.58. The standard InChI is InChI=1S/C17H21N5/c1-11-7-9-13(10-8-11)19-17-20-15-6-4-3-5-14(15)16-18-12(2)21-22(16)17/h3-6,11,13H,7-10H2,1-2H3,(H,19,20). The van der Waals surface area contributed by atoms with Gasteiger partial charge in [0.25, 0.3) is 0 Å². The quantitative estimate of drug-likeness (QED) is 0.785. The highest BCUT2D eigenvalue weighted by Gasteiger charge is 2.20. The first kappa shape index (κ1) is 13.5. The van der Waals surface area contributed by atoms with E-state index in [9.17, 15) is 0 Å². The average Bonchev–Trinajstić information content (AvgIpc) is 2.92. The number of nitrogens with zero attached hydrogens (tertiary/aromatic N) is 4. The lowest BCUT2D eigenvalue weighted by molar-refractivity contribution is 0.360. The number of aromatic nitrogens is 4. The summed E-state index contributed by atoms with van der Waals surface area (Å²) >= 11 is 0. The van der Waals surface area contributed by atoms with Crippen LogP contribution >= 0.6 is 0 Å². The highest BCUT2D eigenvalue weighted by atomic mass is 15.4. The van der Waals surface area contributed by atoms with Gasteiger partial charge in [-0.05, 0) is 50.7 Å². The second-order valence-corrected chi connectivity index (χ2v) is 6.45. The van der Waals surface area contributed by atoms with Gasteiger partial charge in [0.1, 0.15) is 5.82 Å². The Morgan fingerprint density at radius 2 is 1.86 bits per heavy atom. The Labute approximate surface area is 129 Å². The van der Waals surface area contributed by atoms with Gasteiger partial charge in [-0.25, -0.2) is 9.97 Å². The molecular formula is C17H21N5. The first-order valence-electron chi connectivity index (χ1n) is 8.09. The molecule has 1 saturated carbocycles. The highest BCUT2D eigenvalue weighted by molar-refractivity contribution is 5.92. The predicted molar refractivity (Wildman–Crippen MR) is 88.1 cm³/mol. The molecule has 0 atom stereocenters. The molecule has 5 heteroatoms. The molecule has 0 aliphatic heterocycles. The summed E-state index contributed by atoms with van der Waals surface area (Å²) in [5.41, 5.74) is 1.85. The van der Waals surface area contributed by atoms with E-state index in [0.717, 1.165) is 34.2 Å². The number of hydrogen-bond donors (Lipinski definition) is 1. The molecule has 1 aliphatic rings. The van der Waals surface area contributed by atoms with Crippen molar-refractivity contribution in [1.29, 1.82) is 0 Å². The fourth-order valence-corrected chi connectivity index (χ4v) is 3.34. The summed E-state index contributed by atoms with van der Waals surface area (Å²) in [6, 6.07) is 8.60. The monoisotopic (exact) mass is 295 g/mol. The maximum Gasteiger partial charge on any atom is 0.226 e. The molecule has 1 fully saturated rings. The molecule has 2 aromatic heterocycles. The molecule has 22 heavy (non-hydrogen) atoms. The Bertz CT molecular complexity index is 814. The van der Waals surface area contributed by atoms with Gasteiger partial charge >= 0.3 is 0 Å². The van der Waals surface area contributed by atoms with Crippen molar-refractivity contribution in [3.63, 3.8) is 0 Å². The maximum atomic E-state index is 4.78. The SMILES string of the molecule is Cc1nc2c3ccccc3nc(NC3CCC(C)CC3)n2n1. The van der Waals surface area contributed by atoms with Gasteiger partial charge in [0.15, 0.2) is 5.65 Å². The lowest BCUT2D eigenvalue weighted by atomic mass is 9.87. The molecule has 0 bridgehead atoms. The van der Waals surface area contributed by atoms with Crippen LogP contribution in [-0.2, 0) is 0 Å². The van der Waals surface area contributed by atoms with Crippen molar-refractivity contribution in [3.8, 4) is 0 Å². The van der Waals surface area contributed by atoms with Crippen molar-refractivity contribution >= 4 is 22.5 Å². The molecule has 0 radical (unpaired) electrons. The minimum Gasteiger partial charge on any atom is -0.351 e. The van der Waals surface area contributed by atoms with Crippen LogP contribution in [0.5, 0.6) is 0 Å². The van der Waals surface area contributed by atoms with Gasteiger partial charge in [-0.15, -0.1) is 5.10 Å². The first-order chi connectivity index (χ1) is 10.7. The number of aryl methyl sites for hydroxylation is 1. The summed E-state index contributed by atoms with van der Waals surface area (Å²) in [5, 5.41) is 9.17. The number of para-hydroxylation sites is 1. The molecule has 0 unspecified atom stereocenters. The smallest absolute Gasteiger partial charge is 0.226 e. The second kappa shape index (κ2) is 5.23. The third-order valence-corrected chi connectivity index (χ3v) is 4.63. The molecule has 1 aliphatic carbocycles. The minimum atomic E-state index is 0.484. The van der Waals surface area contributed by atoms with E-state index in [0.29, 0.717) is 6.04 Å². The summed E-state index contributed by atoms with van der Waals surface area (Å²) in [7, 11) is 0. The molecular weight excluding hydrogens is 274 g/mol. The Balaban J connectivity index is 1.78. The zero-order valence-corrected chi connectivity index (χ0v) is 13.1. The van der Waals surface area contributed by atoms with E-state index in [1.54, 1.807) is 0 Å². The van der Waals surface area contributed by atoms with Crippen LogP contribution in [-0.4, -0.2) is 25.6 Å². The number of nitrogens with one attached hydrogen (secondary N) is 1. The zero-order valence-electron chi connectivity index (χ0n) is 13.1. The molecule has 0 saturated heterocycles. The lowest BCUT2D eigenvalue weighted by Crippen LogP contribution is -2.27. The molecule has 4 rings (SSSR count). The van der Waals surface area contributed by atoms with Gasteiger partial charge in [0, 0.05) is 11.4 Å². The Kier molecular flexibility index (Phi) is 3.21. The number of benzene rings is 1. The van der Waals surface area contributed by atoms with Crippen LogP contribution in [0.4, 0.5) is 5.95 Å². The van der Waals surface area contributed by atoms with E-state index in [-0.39, 0.29) is 0 Å². The maximum absolute atomic E-state index is 4.78. The van der Waals surface area contributed by atoms with Gasteiger partial charge < -0.3 is 5.32 Å². The summed E-state index contributed by atoms with van der Waals surface area (Å²) in [6.07, 6.45) is 4.96. The van der Waals surface area contributed by atoms with Gasteiger partial charge in [-0.3, -0.25) is 0 Å². The van der Waals surface area contributed by atoms with Crippen LogP contribution in [0, 0.1) is 12.8 Å². The van der Waals surface area contributed by atoms with Crippen LogP contribution in [0.25, 0.3) is 16.6 Å². The number of fused-ring (bicyclic) bond motifs is 3. The third kappa shape index (κ3) is 2.30. The normalized spacial score (nSPS) is 22.3. The molecule has 2 heterocycles. The largest absolute Gasteiger partial charge is 0.351 e. The van der Waals surface area contributed by atoms with E-state index in [1.165, 1.54) is 25.7 Å². The van der Waals surface area contributed by atoms with E-state index in [1.807, 2.05) is 29.6 Å². The van der Waals surface area contributed by atoms with Crippen LogP contribution in [0.2, 0.25) is 0 Å². The molecule has 0 spiro atoms. The zero-order chi connectivity index (χ0) is 15.1. The van der Waals surface area contributed by atoms with Gasteiger partial charge in [-0.1, -0.05) is 19.1 Å². The lowest BCUT2D eigenvalue weighted by Gasteiger charge is -2.27. The molecule has 5 nitrogen and oxygen atoms in total. The summed E-state index contributed by atoms with van der Waals surface area (Å²) < 4.78 is 1.86. The summed E-state index contributed by atoms with van der Waals surface area (Å²) in [4.78, 5) is 9.36. The van der Waals surface area contributed by atoms with E-state index >= 15 is 0 Å². The van der Waals surface area contributed by atoms with Crippen molar-refractivity contribution in [1.82, 2.24) is 19.6 Å². The van der Waals surface area contributed by atoms with E-state index < -0.39 is 0 Å². The fraction of sp³-hybridized carbons (Fsp3) is 0.471. The molecule has 0 amide bonds. The van der Waals surface area contributed by atoms with Crippen molar-refractivity contribution in [2.45, 2.75) is 45.6 Å². The fourth-order valence-electron chi connectivity index (χ4n) is 3.34. The van der Waals surface area contributed by atoms with Crippen LogP contribution in [0.15, 0.2) is 24.3 Å². The van der Waals surface area contributed by atoms with Gasteiger partial charge in [-0.2, -0.15) is 4.52 Å². The topological polar surface area (TPSA) is 55.1 Å². The second-order valence-electron chi connectivity index (χ2n) is 6.45. The van der Waals surface area contributed by atoms with E-state index in [4.69, 9.17) is 4.98 Å². The number of anilines is 1. The number of hydrogen-bond acceptors (Lipinski definition) is 4. The first-order valence-corrected chi connectivity index (χ1v) is 8.09. The molecule has 1 aromatic carbocycles. The Hall–Kier alpha value is -2.17. The molecule has 3 aromatic rings. The van der Waals surface area contributed by atoms with Crippen molar-refractivity contribution in [2.24, 2.45) is 5.92 Å². The third-order valence-electron chi connectivity index (χ3n) is 4.63. The van der Waals surface area contributed by atoms with E-state index in [2.05, 4.69) is 28.4 Å². The van der Waals surface area contributed by atoms with Gasteiger partial charge in [0.05, 0.1) is 5.52 Å². The molecule has 114 valence electrons. The van der Waals surface area contributed by atoms with Crippen LogP contribution < -0.4 is 5.32 Å². The summed E-state index contributed by atoms with van der Waals surface area (Å²) in [6.45, 7) is 4.26. The average molecular weight is 295 g/mol. The van der Waals surface area contributed by atoms with Crippen molar-refractivity contribution in [3.05, 3.63) is 30.1 Å². The Morgan fingerprint density at radius 1 is 1.09 bits per heavy atom. The van der Waals surface area contributed by atoms with Crippen LogP contribution in [0.3, 0.4) is 0 Å². The minimum absolute atomic E-state index is 0.484. The summed E-state index contributed by atoms with van der Waals surface area (Å²) in [5.74, 6) is 2.43. The number of rotatable bonds is 2. The molecule has 1 N–H and O–H groups in total.